The lowest BCUT2D eigenvalue weighted by Gasteiger charge is -2.44. The van der Waals surface area contributed by atoms with Crippen molar-refractivity contribution in [2.24, 2.45) is 10.9 Å². The number of hydrogen-bond acceptors (Lipinski definition) is 7. The molecule has 0 saturated carbocycles. The van der Waals surface area contributed by atoms with Crippen LogP contribution >= 0.6 is 11.3 Å². The Balaban J connectivity index is 1.80. The van der Waals surface area contributed by atoms with E-state index in [4.69, 9.17) is 18.9 Å². The topological polar surface area (TPSA) is 83.0 Å². The molecule has 0 saturated heterocycles. The molecule has 1 aromatic carbocycles. The van der Waals surface area contributed by atoms with Crippen molar-refractivity contribution in [1.29, 1.82) is 0 Å². The van der Waals surface area contributed by atoms with Gasteiger partial charge < -0.3 is 13.9 Å². The SMILES string of the molecule is CCOC(=O)C1C2c3ccccc3O[C@@]1(C)N=c1s/c(=C/c3ccoc3)c(=O)n12. The van der Waals surface area contributed by atoms with Crippen LogP contribution < -0.4 is 19.6 Å². The van der Waals surface area contributed by atoms with E-state index in [1.165, 1.54) is 11.3 Å². The first-order chi connectivity index (χ1) is 14.0. The number of para-hydroxylation sites is 1. The number of ether oxygens (including phenoxy) is 2. The monoisotopic (exact) mass is 410 g/mol. The van der Waals surface area contributed by atoms with Crippen molar-refractivity contribution in [3.05, 3.63) is 73.7 Å². The molecule has 0 fully saturated rings. The van der Waals surface area contributed by atoms with Crippen LogP contribution in [0.4, 0.5) is 0 Å². The summed E-state index contributed by atoms with van der Waals surface area (Å²) in [4.78, 5) is 31.5. The van der Waals surface area contributed by atoms with Crippen LogP contribution in [-0.2, 0) is 9.53 Å². The summed E-state index contributed by atoms with van der Waals surface area (Å²) in [7, 11) is 0. The molecule has 8 heteroatoms. The Morgan fingerprint density at radius 1 is 1.38 bits per heavy atom. The number of fused-ring (bicyclic) bond motifs is 6. The highest BCUT2D eigenvalue weighted by Gasteiger charge is 2.55. The Morgan fingerprint density at radius 3 is 2.97 bits per heavy atom. The molecular weight excluding hydrogens is 392 g/mol. The van der Waals surface area contributed by atoms with E-state index in [-0.39, 0.29) is 12.2 Å². The lowest BCUT2D eigenvalue weighted by atomic mass is 9.81. The number of carbonyl (C=O) groups excluding carboxylic acids is 1. The van der Waals surface area contributed by atoms with Crippen molar-refractivity contribution in [2.75, 3.05) is 6.61 Å². The van der Waals surface area contributed by atoms with E-state index in [0.29, 0.717) is 15.1 Å². The van der Waals surface area contributed by atoms with Crippen molar-refractivity contribution in [2.45, 2.75) is 25.6 Å². The third-order valence-electron chi connectivity index (χ3n) is 5.26. The van der Waals surface area contributed by atoms with Crippen LogP contribution in [0, 0.1) is 5.92 Å². The average Bonchev–Trinajstić information content (AvgIpc) is 3.29. The van der Waals surface area contributed by atoms with Crippen LogP contribution in [0.1, 0.15) is 31.0 Å². The van der Waals surface area contributed by atoms with Crippen molar-refractivity contribution < 1.29 is 18.7 Å². The zero-order chi connectivity index (χ0) is 20.2. The van der Waals surface area contributed by atoms with Gasteiger partial charge in [0.15, 0.2) is 4.80 Å². The minimum atomic E-state index is -1.16. The maximum Gasteiger partial charge on any atom is 0.317 e. The second-order valence-electron chi connectivity index (χ2n) is 7.11. The van der Waals surface area contributed by atoms with Gasteiger partial charge in [0.2, 0.25) is 5.72 Å². The third kappa shape index (κ3) is 2.66. The molecule has 29 heavy (non-hydrogen) atoms. The highest BCUT2D eigenvalue weighted by Crippen LogP contribution is 2.47. The van der Waals surface area contributed by atoms with Gasteiger partial charge in [-0.25, -0.2) is 4.99 Å². The zero-order valence-corrected chi connectivity index (χ0v) is 16.6. The van der Waals surface area contributed by atoms with Crippen LogP contribution in [0.5, 0.6) is 5.75 Å². The molecular formula is C21H18N2O5S. The lowest BCUT2D eigenvalue weighted by Crippen LogP contribution is -2.58. The average molecular weight is 410 g/mol. The second kappa shape index (κ2) is 6.45. The van der Waals surface area contributed by atoms with Gasteiger partial charge >= 0.3 is 5.97 Å². The fourth-order valence-corrected chi connectivity index (χ4v) is 5.14. The fraction of sp³-hybridized carbons (Fsp3) is 0.286. The van der Waals surface area contributed by atoms with Gasteiger partial charge in [0.1, 0.15) is 11.7 Å². The summed E-state index contributed by atoms with van der Waals surface area (Å²) in [5.74, 6) is -0.574. The maximum absolute atomic E-state index is 13.3. The zero-order valence-electron chi connectivity index (χ0n) is 15.8. The highest BCUT2D eigenvalue weighted by atomic mass is 32.1. The molecule has 2 aliphatic rings. The van der Waals surface area contributed by atoms with E-state index in [1.807, 2.05) is 24.3 Å². The number of hydrogen-bond donors (Lipinski definition) is 0. The van der Waals surface area contributed by atoms with Crippen molar-refractivity contribution in [1.82, 2.24) is 4.57 Å². The predicted octanol–water partition coefficient (Wildman–Crippen LogP) is 1.84. The molecule has 4 heterocycles. The largest absolute Gasteiger partial charge is 0.472 e. The van der Waals surface area contributed by atoms with Crippen molar-refractivity contribution >= 4 is 23.4 Å². The van der Waals surface area contributed by atoms with Gasteiger partial charge in [-0.15, -0.1) is 0 Å². The highest BCUT2D eigenvalue weighted by molar-refractivity contribution is 7.07. The quantitative estimate of drug-likeness (QED) is 0.616. The summed E-state index contributed by atoms with van der Waals surface area (Å²) < 4.78 is 18.7. The van der Waals surface area contributed by atoms with Crippen LogP contribution in [0.2, 0.25) is 0 Å². The molecule has 2 bridgehead atoms. The maximum atomic E-state index is 13.3. The van der Waals surface area contributed by atoms with Crippen LogP contribution in [-0.4, -0.2) is 22.9 Å². The summed E-state index contributed by atoms with van der Waals surface area (Å²) in [5, 5.41) is 0. The van der Waals surface area contributed by atoms with E-state index in [1.54, 1.807) is 43.1 Å². The van der Waals surface area contributed by atoms with E-state index in [2.05, 4.69) is 0 Å². The number of carbonyl (C=O) groups is 1. The number of furan rings is 1. The number of aromatic nitrogens is 1. The number of thiazole rings is 1. The van der Waals surface area contributed by atoms with Crippen molar-refractivity contribution in [3.63, 3.8) is 0 Å². The molecule has 0 aliphatic carbocycles. The molecule has 2 aromatic heterocycles. The van der Waals surface area contributed by atoms with Crippen LogP contribution in [0.3, 0.4) is 0 Å². The van der Waals surface area contributed by atoms with Gasteiger partial charge in [0.25, 0.3) is 5.56 Å². The lowest BCUT2D eigenvalue weighted by molar-refractivity contribution is -0.160. The summed E-state index contributed by atoms with van der Waals surface area (Å²) >= 11 is 1.27. The number of benzene rings is 1. The number of rotatable bonds is 3. The molecule has 0 radical (unpaired) electrons. The van der Waals surface area contributed by atoms with Gasteiger partial charge in [0, 0.05) is 11.1 Å². The summed E-state index contributed by atoms with van der Waals surface area (Å²) in [6, 6.07) is 8.67. The summed E-state index contributed by atoms with van der Waals surface area (Å²) in [5.41, 5.74) is 0.200. The normalized spacial score (nSPS) is 24.8. The Morgan fingerprint density at radius 2 is 2.21 bits per heavy atom. The first kappa shape index (κ1) is 17.9. The van der Waals surface area contributed by atoms with Crippen LogP contribution in [0.15, 0.2) is 57.1 Å². The van der Waals surface area contributed by atoms with E-state index >= 15 is 0 Å². The molecule has 148 valence electrons. The van der Waals surface area contributed by atoms with Gasteiger partial charge in [-0.05, 0) is 32.1 Å². The Labute approximate surface area is 169 Å². The summed E-state index contributed by atoms with van der Waals surface area (Å²) in [6.07, 6.45) is 4.88. The standard InChI is InChI=1S/C21H18N2O5S/c1-3-27-19(25)16-17-13-6-4-5-7-14(13)28-21(16,2)22-20-23(17)18(24)15(29-20)10-12-8-9-26-11-12/h4-11,16-17H,3H2,1-2H3/b15-10+/t16?,17?,21-/m1/s1. The molecule has 3 aromatic rings. The van der Waals surface area contributed by atoms with Gasteiger partial charge in [0.05, 0.1) is 29.7 Å². The molecule has 2 unspecified atom stereocenters. The van der Waals surface area contributed by atoms with Gasteiger partial charge in [-0.2, -0.15) is 0 Å². The number of esters is 1. The fourth-order valence-electron chi connectivity index (χ4n) is 4.04. The predicted molar refractivity (Wildman–Crippen MR) is 105 cm³/mol. The van der Waals surface area contributed by atoms with Crippen LogP contribution in [0.25, 0.3) is 6.08 Å². The van der Waals surface area contributed by atoms with E-state index in [0.717, 1.165) is 11.1 Å². The number of nitrogens with zero attached hydrogens (tertiary/aromatic N) is 2. The molecule has 2 aliphatic heterocycles. The Bertz CT molecular complexity index is 1270. The Hall–Kier alpha value is -3.13. The second-order valence-corrected chi connectivity index (χ2v) is 8.12. The van der Waals surface area contributed by atoms with Gasteiger partial charge in [-0.1, -0.05) is 29.5 Å². The minimum Gasteiger partial charge on any atom is -0.472 e. The molecule has 0 N–H and O–H groups in total. The van der Waals surface area contributed by atoms with Crippen molar-refractivity contribution in [3.8, 4) is 5.75 Å². The molecule has 0 amide bonds. The van der Waals surface area contributed by atoms with Gasteiger partial charge in [-0.3, -0.25) is 14.2 Å². The summed E-state index contributed by atoms with van der Waals surface area (Å²) in [6.45, 7) is 3.76. The molecule has 0 spiro atoms. The molecule has 7 nitrogen and oxygen atoms in total. The molecule has 3 atom stereocenters. The first-order valence-corrected chi connectivity index (χ1v) is 10.1. The van der Waals surface area contributed by atoms with E-state index in [9.17, 15) is 9.59 Å². The Kier molecular flexibility index (Phi) is 3.99. The smallest absolute Gasteiger partial charge is 0.317 e. The van der Waals surface area contributed by atoms with E-state index < -0.39 is 23.7 Å². The molecule has 5 rings (SSSR count). The first-order valence-electron chi connectivity index (χ1n) is 9.31. The third-order valence-corrected chi connectivity index (χ3v) is 6.24. The minimum absolute atomic E-state index is 0.201.